The molecule has 0 aliphatic carbocycles. The van der Waals surface area contributed by atoms with Crippen molar-refractivity contribution in [1.29, 1.82) is 0 Å². The molecule has 28 heavy (non-hydrogen) atoms. The van der Waals surface area contributed by atoms with Gasteiger partial charge in [0.05, 0.1) is 13.7 Å². The van der Waals surface area contributed by atoms with E-state index >= 15 is 0 Å². The Morgan fingerprint density at radius 3 is 2.29 bits per heavy atom. The molecule has 2 aromatic carbocycles. The fourth-order valence-corrected chi connectivity index (χ4v) is 3.24. The smallest absolute Gasteiger partial charge is 0.238 e. The van der Waals surface area contributed by atoms with Crippen LogP contribution in [0.15, 0.2) is 48.5 Å². The van der Waals surface area contributed by atoms with Gasteiger partial charge in [-0.15, -0.1) is 0 Å². The number of carbonyl (C=O) groups is 1. The van der Waals surface area contributed by atoms with Crippen LogP contribution in [0.5, 0.6) is 11.5 Å². The summed E-state index contributed by atoms with van der Waals surface area (Å²) in [6.07, 6.45) is 0. The van der Waals surface area contributed by atoms with Crippen molar-refractivity contribution >= 4 is 11.6 Å². The Morgan fingerprint density at radius 2 is 1.61 bits per heavy atom. The second-order valence-electron chi connectivity index (χ2n) is 7.00. The molecule has 0 atom stereocenters. The highest BCUT2D eigenvalue weighted by atomic mass is 16.5. The van der Waals surface area contributed by atoms with Crippen molar-refractivity contribution in [3.05, 3.63) is 54.1 Å². The normalized spacial score (nSPS) is 15.2. The van der Waals surface area contributed by atoms with Gasteiger partial charge in [-0.25, -0.2) is 0 Å². The molecule has 1 saturated heterocycles. The average Bonchev–Trinajstić information content (AvgIpc) is 2.71. The van der Waals surface area contributed by atoms with E-state index < -0.39 is 0 Å². The zero-order chi connectivity index (χ0) is 19.8. The number of rotatable bonds is 8. The van der Waals surface area contributed by atoms with Crippen LogP contribution in [0, 0.1) is 6.92 Å². The first-order valence-corrected chi connectivity index (χ1v) is 9.71. The Kier molecular flexibility index (Phi) is 7.28. The molecule has 1 aliphatic rings. The number of nitrogens with zero attached hydrogens (tertiary/aromatic N) is 2. The number of benzene rings is 2. The molecular weight excluding hydrogens is 354 g/mol. The van der Waals surface area contributed by atoms with Gasteiger partial charge in [-0.2, -0.15) is 0 Å². The molecule has 150 valence electrons. The summed E-state index contributed by atoms with van der Waals surface area (Å²) in [4.78, 5) is 16.9. The van der Waals surface area contributed by atoms with Gasteiger partial charge < -0.3 is 14.8 Å². The molecule has 2 aromatic rings. The molecule has 0 spiro atoms. The summed E-state index contributed by atoms with van der Waals surface area (Å²) in [6.45, 7) is 7.66. The number of hydrogen-bond donors (Lipinski definition) is 1. The van der Waals surface area contributed by atoms with E-state index in [-0.39, 0.29) is 5.91 Å². The Morgan fingerprint density at radius 1 is 0.964 bits per heavy atom. The van der Waals surface area contributed by atoms with Crippen LogP contribution in [0.25, 0.3) is 0 Å². The SMILES string of the molecule is COc1ccc(OCCN2CCN(CC(=O)Nc3ccccc3C)CC2)cc1. The van der Waals surface area contributed by atoms with Crippen LogP contribution in [-0.2, 0) is 4.79 Å². The summed E-state index contributed by atoms with van der Waals surface area (Å²) in [5.41, 5.74) is 1.97. The van der Waals surface area contributed by atoms with Gasteiger partial charge in [0.2, 0.25) is 5.91 Å². The lowest BCUT2D eigenvalue weighted by Gasteiger charge is -2.34. The van der Waals surface area contributed by atoms with Crippen molar-refractivity contribution in [2.45, 2.75) is 6.92 Å². The molecule has 0 aromatic heterocycles. The van der Waals surface area contributed by atoms with Crippen molar-refractivity contribution in [3.63, 3.8) is 0 Å². The fraction of sp³-hybridized carbons (Fsp3) is 0.409. The monoisotopic (exact) mass is 383 g/mol. The van der Waals surface area contributed by atoms with Crippen LogP contribution < -0.4 is 14.8 Å². The van der Waals surface area contributed by atoms with Crippen LogP contribution >= 0.6 is 0 Å². The summed E-state index contributed by atoms with van der Waals surface area (Å²) in [7, 11) is 1.65. The van der Waals surface area contributed by atoms with E-state index in [4.69, 9.17) is 9.47 Å². The first-order chi connectivity index (χ1) is 13.6. The quantitative estimate of drug-likeness (QED) is 0.760. The van der Waals surface area contributed by atoms with Gasteiger partial charge in [0.15, 0.2) is 0 Å². The van der Waals surface area contributed by atoms with Gasteiger partial charge in [-0.1, -0.05) is 18.2 Å². The lowest BCUT2D eigenvalue weighted by Crippen LogP contribution is -2.49. The maximum Gasteiger partial charge on any atom is 0.238 e. The number of hydrogen-bond acceptors (Lipinski definition) is 5. The first-order valence-electron chi connectivity index (χ1n) is 9.71. The summed E-state index contributed by atoms with van der Waals surface area (Å²) >= 11 is 0. The molecule has 0 bridgehead atoms. The average molecular weight is 383 g/mol. The lowest BCUT2D eigenvalue weighted by molar-refractivity contribution is -0.117. The molecule has 1 heterocycles. The maximum absolute atomic E-state index is 12.3. The zero-order valence-electron chi connectivity index (χ0n) is 16.7. The third kappa shape index (κ3) is 5.97. The molecule has 0 unspecified atom stereocenters. The van der Waals surface area contributed by atoms with E-state index in [9.17, 15) is 4.79 Å². The maximum atomic E-state index is 12.3. The Hall–Kier alpha value is -2.57. The summed E-state index contributed by atoms with van der Waals surface area (Å²) in [5, 5.41) is 3.01. The predicted octanol–water partition coefficient (Wildman–Crippen LogP) is 2.64. The van der Waals surface area contributed by atoms with Crippen LogP contribution in [-0.4, -0.2) is 68.7 Å². The van der Waals surface area contributed by atoms with E-state index in [1.807, 2.05) is 55.5 Å². The Balaban J connectivity index is 1.33. The molecule has 1 N–H and O–H groups in total. The number of aryl methyl sites for hydroxylation is 1. The van der Waals surface area contributed by atoms with Crippen molar-refractivity contribution in [1.82, 2.24) is 9.80 Å². The second-order valence-corrected chi connectivity index (χ2v) is 7.00. The minimum Gasteiger partial charge on any atom is -0.497 e. The van der Waals surface area contributed by atoms with Crippen molar-refractivity contribution in [3.8, 4) is 11.5 Å². The van der Waals surface area contributed by atoms with Crippen LogP contribution in [0.2, 0.25) is 0 Å². The first kappa shape index (κ1) is 20.2. The molecule has 1 fully saturated rings. The highest BCUT2D eigenvalue weighted by Gasteiger charge is 2.19. The third-order valence-electron chi connectivity index (χ3n) is 4.99. The Labute approximate surface area is 167 Å². The molecule has 6 heteroatoms. The number of piperazine rings is 1. The van der Waals surface area contributed by atoms with Gasteiger partial charge in [0.1, 0.15) is 18.1 Å². The molecule has 3 rings (SSSR count). The number of nitrogens with one attached hydrogen (secondary N) is 1. The molecule has 0 saturated carbocycles. The molecule has 1 amide bonds. The minimum atomic E-state index is 0.0468. The number of carbonyl (C=O) groups excluding carboxylic acids is 1. The number of methoxy groups -OCH3 is 1. The highest BCUT2D eigenvalue weighted by molar-refractivity contribution is 5.92. The van der Waals surface area contributed by atoms with Gasteiger partial charge in [0.25, 0.3) is 0 Å². The zero-order valence-corrected chi connectivity index (χ0v) is 16.7. The number of ether oxygens (including phenoxy) is 2. The fourth-order valence-electron chi connectivity index (χ4n) is 3.24. The number of para-hydroxylation sites is 1. The molecular formula is C22H29N3O3. The van der Waals surface area contributed by atoms with Gasteiger partial charge in [-0.3, -0.25) is 14.6 Å². The Bertz CT molecular complexity index is 756. The molecule has 0 radical (unpaired) electrons. The molecule has 1 aliphatic heterocycles. The topological polar surface area (TPSA) is 54.0 Å². The second kappa shape index (κ2) is 10.1. The van der Waals surface area contributed by atoms with Gasteiger partial charge in [0, 0.05) is 38.4 Å². The van der Waals surface area contributed by atoms with Crippen LogP contribution in [0.3, 0.4) is 0 Å². The third-order valence-corrected chi connectivity index (χ3v) is 4.99. The largest absolute Gasteiger partial charge is 0.497 e. The predicted molar refractivity (Wildman–Crippen MR) is 111 cm³/mol. The highest BCUT2D eigenvalue weighted by Crippen LogP contribution is 2.17. The van der Waals surface area contributed by atoms with Crippen molar-refractivity contribution in [2.24, 2.45) is 0 Å². The number of anilines is 1. The van der Waals surface area contributed by atoms with Crippen LogP contribution in [0.1, 0.15) is 5.56 Å². The summed E-state index contributed by atoms with van der Waals surface area (Å²) < 4.78 is 11.0. The minimum absolute atomic E-state index is 0.0468. The standard InChI is InChI=1S/C22H29N3O3/c1-18-5-3-4-6-21(18)23-22(26)17-25-13-11-24(12-14-25)15-16-28-20-9-7-19(27-2)8-10-20/h3-10H,11-17H2,1-2H3,(H,23,26). The van der Waals surface area contributed by atoms with Crippen molar-refractivity contribution < 1.29 is 14.3 Å². The van der Waals surface area contributed by atoms with E-state index in [1.54, 1.807) is 7.11 Å². The van der Waals surface area contributed by atoms with Gasteiger partial charge >= 0.3 is 0 Å². The van der Waals surface area contributed by atoms with E-state index in [0.29, 0.717) is 13.2 Å². The van der Waals surface area contributed by atoms with Crippen molar-refractivity contribution in [2.75, 3.05) is 58.3 Å². The van der Waals surface area contributed by atoms with E-state index in [2.05, 4.69) is 15.1 Å². The molecule has 6 nitrogen and oxygen atoms in total. The van der Waals surface area contributed by atoms with E-state index in [0.717, 1.165) is 55.5 Å². The van der Waals surface area contributed by atoms with Gasteiger partial charge in [-0.05, 0) is 42.8 Å². The summed E-state index contributed by atoms with van der Waals surface area (Å²) in [5.74, 6) is 1.73. The van der Waals surface area contributed by atoms with Crippen LogP contribution in [0.4, 0.5) is 5.69 Å². The lowest BCUT2D eigenvalue weighted by atomic mass is 10.2. The van der Waals surface area contributed by atoms with E-state index in [1.165, 1.54) is 0 Å². The number of amides is 1. The summed E-state index contributed by atoms with van der Waals surface area (Å²) in [6, 6.07) is 15.5.